The maximum Gasteiger partial charge on any atom is 0.235 e. The van der Waals surface area contributed by atoms with E-state index in [0.29, 0.717) is 0 Å². The molecular formula is C34H50O4. The molecule has 0 bridgehead atoms. The first kappa shape index (κ1) is 30.2. The summed E-state index contributed by atoms with van der Waals surface area (Å²) in [7, 11) is 3.45. The van der Waals surface area contributed by atoms with Crippen LogP contribution in [0.5, 0.6) is 0 Å². The summed E-state index contributed by atoms with van der Waals surface area (Å²) in [5, 5.41) is 0. The highest BCUT2D eigenvalue weighted by atomic mass is 16.7. The van der Waals surface area contributed by atoms with Gasteiger partial charge in [-0.15, -0.1) is 0 Å². The molecule has 2 unspecified atom stereocenters. The topological polar surface area (TPSA) is 36.9 Å². The third kappa shape index (κ3) is 5.67. The summed E-state index contributed by atoms with van der Waals surface area (Å²) in [6.45, 7) is 25.9. The second-order valence-corrected chi connectivity index (χ2v) is 14.7. The normalized spacial score (nSPS) is 25.0. The molecule has 1 aromatic rings. The molecule has 210 valence electrons. The molecule has 0 aliphatic carbocycles. The van der Waals surface area contributed by atoms with Gasteiger partial charge >= 0.3 is 0 Å². The number of allylic oxidation sites excluding steroid dienone is 6. The van der Waals surface area contributed by atoms with E-state index in [1.54, 1.807) is 14.2 Å². The Morgan fingerprint density at radius 1 is 0.526 bits per heavy atom. The van der Waals surface area contributed by atoms with Gasteiger partial charge in [-0.25, -0.2) is 0 Å². The molecule has 2 aliphatic rings. The van der Waals surface area contributed by atoms with Crippen LogP contribution in [0.3, 0.4) is 0 Å². The highest BCUT2D eigenvalue weighted by Gasteiger charge is 2.48. The Labute approximate surface area is 231 Å². The molecule has 3 rings (SSSR count). The van der Waals surface area contributed by atoms with E-state index in [0.717, 1.165) is 33.8 Å². The van der Waals surface area contributed by atoms with Gasteiger partial charge in [0.15, 0.2) is 0 Å². The Bertz CT molecular complexity index is 1060. The zero-order chi connectivity index (χ0) is 28.9. The zero-order valence-electron chi connectivity index (χ0n) is 26.3. The molecule has 0 saturated heterocycles. The molecule has 0 fully saturated rings. The molecule has 0 spiro atoms. The van der Waals surface area contributed by atoms with E-state index in [-0.39, 0.29) is 21.7 Å². The van der Waals surface area contributed by atoms with Crippen molar-refractivity contribution in [3.63, 3.8) is 0 Å². The Kier molecular flexibility index (Phi) is 7.73. The van der Waals surface area contributed by atoms with Crippen LogP contribution in [0.15, 0.2) is 60.1 Å². The minimum Gasteiger partial charge on any atom is -0.462 e. The summed E-state index contributed by atoms with van der Waals surface area (Å²) < 4.78 is 25.2. The summed E-state index contributed by atoms with van der Waals surface area (Å²) in [4.78, 5) is 0. The third-order valence-electron chi connectivity index (χ3n) is 7.51. The maximum absolute atomic E-state index is 6.55. The van der Waals surface area contributed by atoms with Crippen molar-refractivity contribution in [3.05, 3.63) is 71.2 Å². The lowest BCUT2D eigenvalue weighted by molar-refractivity contribution is -0.230. The molecule has 0 aromatic heterocycles. The second-order valence-electron chi connectivity index (χ2n) is 14.7. The van der Waals surface area contributed by atoms with Crippen LogP contribution in [0.4, 0.5) is 0 Å². The molecule has 0 amide bonds. The van der Waals surface area contributed by atoms with Crippen molar-refractivity contribution in [2.45, 2.75) is 94.7 Å². The number of methoxy groups -OCH3 is 2. The summed E-state index contributed by atoms with van der Waals surface area (Å²) in [6, 6.07) is 8.72. The Morgan fingerprint density at radius 2 is 0.816 bits per heavy atom. The molecule has 2 atom stereocenters. The molecule has 0 N–H and O–H groups in total. The Hall–Kier alpha value is -2.30. The van der Waals surface area contributed by atoms with E-state index in [1.165, 1.54) is 0 Å². The standard InChI is InChI=1S/C34H50O4/c1-29(2,3)27-19-25(21-33(35-13,37-27)31(7,8)9)23-15-17-24(18-16-23)26-20-28(30(4,5)6)38-34(22-26,36-14)32(10,11)12/h15-22H,1-14H3. The molecule has 38 heavy (non-hydrogen) atoms. The summed E-state index contributed by atoms with van der Waals surface area (Å²) in [6.07, 6.45) is 8.55. The van der Waals surface area contributed by atoms with Crippen molar-refractivity contribution in [2.24, 2.45) is 21.7 Å². The van der Waals surface area contributed by atoms with Crippen LogP contribution in [0.1, 0.15) is 94.2 Å². The zero-order valence-corrected chi connectivity index (χ0v) is 26.3. The van der Waals surface area contributed by atoms with E-state index in [4.69, 9.17) is 18.9 Å². The molecule has 4 heteroatoms. The summed E-state index contributed by atoms with van der Waals surface area (Å²) >= 11 is 0. The van der Waals surface area contributed by atoms with E-state index < -0.39 is 11.6 Å². The van der Waals surface area contributed by atoms with Crippen molar-refractivity contribution < 1.29 is 18.9 Å². The van der Waals surface area contributed by atoms with Crippen molar-refractivity contribution in [1.29, 1.82) is 0 Å². The van der Waals surface area contributed by atoms with Crippen LogP contribution in [0, 0.1) is 21.7 Å². The fraction of sp³-hybridized carbons (Fsp3) is 0.588. The first-order valence-electron chi connectivity index (χ1n) is 13.7. The highest BCUT2D eigenvalue weighted by molar-refractivity contribution is 5.80. The maximum atomic E-state index is 6.55. The summed E-state index contributed by atoms with van der Waals surface area (Å²) in [5.41, 5.74) is 3.56. The van der Waals surface area contributed by atoms with Crippen LogP contribution in [-0.4, -0.2) is 25.8 Å². The van der Waals surface area contributed by atoms with Gasteiger partial charge in [-0.2, -0.15) is 0 Å². The Balaban J connectivity index is 2.13. The quantitative estimate of drug-likeness (QED) is 0.395. The van der Waals surface area contributed by atoms with Crippen molar-refractivity contribution in [2.75, 3.05) is 14.2 Å². The van der Waals surface area contributed by atoms with E-state index in [1.807, 2.05) is 0 Å². The molecule has 1 aromatic carbocycles. The predicted molar refractivity (Wildman–Crippen MR) is 158 cm³/mol. The number of benzene rings is 1. The number of rotatable bonds is 4. The van der Waals surface area contributed by atoms with Gasteiger partial charge in [-0.3, -0.25) is 0 Å². The lowest BCUT2D eigenvalue weighted by atomic mass is 9.79. The van der Waals surface area contributed by atoms with Crippen LogP contribution < -0.4 is 0 Å². The van der Waals surface area contributed by atoms with Crippen molar-refractivity contribution in [3.8, 4) is 0 Å². The number of ether oxygens (including phenoxy) is 4. The average Bonchev–Trinajstić information content (AvgIpc) is 2.80. The molecule has 4 nitrogen and oxygen atoms in total. The first-order valence-corrected chi connectivity index (χ1v) is 13.7. The van der Waals surface area contributed by atoms with E-state index >= 15 is 0 Å². The van der Waals surface area contributed by atoms with Gasteiger partial charge in [0.25, 0.3) is 0 Å². The highest BCUT2D eigenvalue weighted by Crippen LogP contribution is 2.48. The molecule has 0 saturated carbocycles. The first-order chi connectivity index (χ1) is 17.2. The second kappa shape index (κ2) is 9.71. The molecule has 2 heterocycles. The van der Waals surface area contributed by atoms with Crippen LogP contribution >= 0.6 is 0 Å². The van der Waals surface area contributed by atoms with Gasteiger partial charge < -0.3 is 18.9 Å². The van der Waals surface area contributed by atoms with Crippen LogP contribution in [-0.2, 0) is 18.9 Å². The number of hydrogen-bond donors (Lipinski definition) is 0. The van der Waals surface area contributed by atoms with Gasteiger partial charge in [-0.1, -0.05) is 107 Å². The molecule has 2 aliphatic heterocycles. The van der Waals surface area contributed by atoms with E-state index in [9.17, 15) is 0 Å². The number of hydrogen-bond acceptors (Lipinski definition) is 4. The van der Waals surface area contributed by atoms with Gasteiger partial charge in [0, 0.05) is 35.9 Å². The minimum absolute atomic E-state index is 0.161. The predicted octanol–water partition coefficient (Wildman–Crippen LogP) is 9.15. The SMILES string of the molecule is COC1(C(C)(C)C)C=C(c2ccc(C3=CC(OC)(C(C)(C)C)OC(C(C)(C)C)=C3)cc2)C=C(C(C)(C)C)O1. The van der Waals surface area contributed by atoms with E-state index in [2.05, 4.69) is 132 Å². The molecule has 0 radical (unpaired) electrons. The smallest absolute Gasteiger partial charge is 0.235 e. The van der Waals surface area contributed by atoms with Gasteiger partial charge in [-0.05, 0) is 46.6 Å². The van der Waals surface area contributed by atoms with Crippen LogP contribution in [0.2, 0.25) is 0 Å². The van der Waals surface area contributed by atoms with Crippen LogP contribution in [0.25, 0.3) is 11.1 Å². The van der Waals surface area contributed by atoms with Gasteiger partial charge in [0.2, 0.25) is 11.6 Å². The lowest BCUT2D eigenvalue weighted by Crippen LogP contribution is -2.47. The fourth-order valence-corrected chi connectivity index (χ4v) is 4.70. The lowest BCUT2D eigenvalue weighted by Gasteiger charge is -2.46. The minimum atomic E-state index is -0.864. The van der Waals surface area contributed by atoms with Gasteiger partial charge in [0.1, 0.15) is 11.5 Å². The summed E-state index contributed by atoms with van der Waals surface area (Å²) in [5.74, 6) is 0.0968. The average molecular weight is 523 g/mol. The van der Waals surface area contributed by atoms with Gasteiger partial charge in [0.05, 0.1) is 0 Å². The largest absolute Gasteiger partial charge is 0.462 e. The van der Waals surface area contributed by atoms with Crippen molar-refractivity contribution in [1.82, 2.24) is 0 Å². The molecular weight excluding hydrogens is 472 g/mol. The monoisotopic (exact) mass is 522 g/mol. The third-order valence-corrected chi connectivity index (χ3v) is 7.51. The van der Waals surface area contributed by atoms with Crippen molar-refractivity contribution >= 4 is 11.1 Å². The fourth-order valence-electron chi connectivity index (χ4n) is 4.70. The Morgan fingerprint density at radius 3 is 1.03 bits per heavy atom.